The molecule has 1 aromatic rings. The third-order valence-corrected chi connectivity index (χ3v) is 3.65. The summed E-state index contributed by atoms with van der Waals surface area (Å²) in [5.74, 6) is 2.76. The highest BCUT2D eigenvalue weighted by atomic mass is 16.7. The third kappa shape index (κ3) is 3.40. The quantitative estimate of drug-likeness (QED) is 0.778. The topological polar surface area (TPSA) is 27.7 Å². The molecule has 0 aromatic heterocycles. The van der Waals surface area contributed by atoms with Gasteiger partial charge in [0.25, 0.3) is 0 Å². The van der Waals surface area contributed by atoms with Gasteiger partial charge in [-0.05, 0) is 39.8 Å². The number of para-hydroxylation sites is 1. The van der Waals surface area contributed by atoms with Crippen LogP contribution in [0, 0.1) is 0 Å². The zero-order chi connectivity index (χ0) is 13.9. The minimum Gasteiger partial charge on any atom is -0.490 e. The molecule has 1 aliphatic rings. The highest BCUT2D eigenvalue weighted by Gasteiger charge is 2.49. The van der Waals surface area contributed by atoms with Gasteiger partial charge in [0, 0.05) is 0 Å². The SMILES string of the molecule is CC1(C)OB(/C=C/COc2ccccc2)OC1(C)C. The van der Waals surface area contributed by atoms with Crippen molar-refractivity contribution in [2.75, 3.05) is 6.61 Å². The normalized spacial score (nSPS) is 20.9. The second kappa shape index (κ2) is 5.39. The summed E-state index contributed by atoms with van der Waals surface area (Å²) in [6.07, 6.45) is 1.93. The van der Waals surface area contributed by atoms with Crippen molar-refractivity contribution in [3.63, 3.8) is 0 Å². The molecule has 0 spiro atoms. The largest absolute Gasteiger partial charge is 0.490 e. The predicted octanol–water partition coefficient (Wildman–Crippen LogP) is 3.25. The van der Waals surface area contributed by atoms with E-state index in [0.29, 0.717) is 6.61 Å². The molecule has 3 nitrogen and oxygen atoms in total. The van der Waals surface area contributed by atoms with E-state index in [9.17, 15) is 0 Å². The summed E-state index contributed by atoms with van der Waals surface area (Å²) >= 11 is 0. The second-order valence-electron chi connectivity index (χ2n) is 5.68. The number of ether oxygens (including phenoxy) is 1. The van der Waals surface area contributed by atoms with Crippen LogP contribution in [0.1, 0.15) is 27.7 Å². The molecule has 0 N–H and O–H groups in total. The van der Waals surface area contributed by atoms with Gasteiger partial charge in [-0.2, -0.15) is 0 Å². The lowest BCUT2D eigenvalue weighted by atomic mass is 9.90. The smallest absolute Gasteiger partial charge is 0.486 e. The Morgan fingerprint density at radius 1 is 1.05 bits per heavy atom. The summed E-state index contributed by atoms with van der Waals surface area (Å²) in [5, 5.41) is 0. The van der Waals surface area contributed by atoms with Crippen molar-refractivity contribution in [1.82, 2.24) is 0 Å². The highest BCUT2D eigenvalue weighted by molar-refractivity contribution is 6.51. The van der Waals surface area contributed by atoms with E-state index in [4.69, 9.17) is 14.0 Å². The van der Waals surface area contributed by atoms with Gasteiger partial charge in [0.1, 0.15) is 12.4 Å². The van der Waals surface area contributed by atoms with Crippen LogP contribution in [0.15, 0.2) is 42.4 Å². The Kier molecular flexibility index (Phi) is 4.02. The van der Waals surface area contributed by atoms with E-state index < -0.39 is 0 Å². The van der Waals surface area contributed by atoms with Crippen LogP contribution in [-0.2, 0) is 9.31 Å². The number of rotatable bonds is 4. The first-order chi connectivity index (χ1) is 8.91. The average Bonchev–Trinajstić information content (AvgIpc) is 2.55. The van der Waals surface area contributed by atoms with Crippen LogP contribution in [0.4, 0.5) is 0 Å². The molecule has 0 amide bonds. The van der Waals surface area contributed by atoms with E-state index in [-0.39, 0.29) is 18.3 Å². The van der Waals surface area contributed by atoms with Crippen LogP contribution >= 0.6 is 0 Å². The zero-order valence-electron chi connectivity index (χ0n) is 12.1. The van der Waals surface area contributed by atoms with Crippen molar-refractivity contribution in [2.24, 2.45) is 0 Å². The molecule has 1 aliphatic heterocycles. The summed E-state index contributed by atoms with van der Waals surface area (Å²) in [6.45, 7) is 8.68. The van der Waals surface area contributed by atoms with Crippen molar-refractivity contribution in [3.05, 3.63) is 42.4 Å². The number of benzene rings is 1. The maximum Gasteiger partial charge on any atom is 0.486 e. The van der Waals surface area contributed by atoms with Gasteiger partial charge in [0.15, 0.2) is 0 Å². The third-order valence-electron chi connectivity index (χ3n) is 3.65. The van der Waals surface area contributed by atoms with Crippen molar-refractivity contribution in [2.45, 2.75) is 38.9 Å². The zero-order valence-corrected chi connectivity index (χ0v) is 12.1. The molecule has 1 fully saturated rings. The van der Waals surface area contributed by atoms with Crippen LogP contribution in [0.5, 0.6) is 5.75 Å². The monoisotopic (exact) mass is 260 g/mol. The minimum atomic E-state index is -0.302. The van der Waals surface area contributed by atoms with Crippen molar-refractivity contribution in [3.8, 4) is 5.75 Å². The van der Waals surface area contributed by atoms with E-state index in [1.807, 2.05) is 70.1 Å². The first-order valence-corrected chi connectivity index (χ1v) is 6.61. The molecule has 0 bridgehead atoms. The summed E-state index contributed by atoms with van der Waals surface area (Å²) in [7, 11) is -0.302. The van der Waals surface area contributed by atoms with Crippen molar-refractivity contribution in [1.29, 1.82) is 0 Å². The highest BCUT2D eigenvalue weighted by Crippen LogP contribution is 2.36. The Hall–Kier alpha value is -1.26. The first-order valence-electron chi connectivity index (χ1n) is 6.61. The molecule has 1 heterocycles. The van der Waals surface area contributed by atoms with E-state index >= 15 is 0 Å². The van der Waals surface area contributed by atoms with E-state index in [1.54, 1.807) is 0 Å². The first kappa shape index (κ1) is 14.2. The van der Waals surface area contributed by atoms with E-state index in [0.717, 1.165) is 5.75 Å². The molecule has 1 aromatic carbocycles. The van der Waals surface area contributed by atoms with Gasteiger partial charge in [0.2, 0.25) is 0 Å². The summed E-state index contributed by atoms with van der Waals surface area (Å²) < 4.78 is 17.3. The average molecular weight is 260 g/mol. The molecular weight excluding hydrogens is 239 g/mol. The fraction of sp³-hybridized carbons (Fsp3) is 0.467. The molecule has 0 aliphatic carbocycles. The van der Waals surface area contributed by atoms with Gasteiger partial charge in [-0.3, -0.25) is 0 Å². The Balaban J connectivity index is 1.82. The van der Waals surface area contributed by atoms with Gasteiger partial charge in [-0.15, -0.1) is 0 Å². The molecule has 2 rings (SSSR count). The van der Waals surface area contributed by atoms with Crippen LogP contribution in [0.25, 0.3) is 0 Å². The molecule has 102 valence electrons. The predicted molar refractivity (Wildman–Crippen MR) is 77.2 cm³/mol. The Morgan fingerprint density at radius 3 is 2.21 bits per heavy atom. The number of hydrogen-bond acceptors (Lipinski definition) is 3. The summed E-state index contributed by atoms with van der Waals surface area (Å²) in [4.78, 5) is 0. The number of hydrogen-bond donors (Lipinski definition) is 0. The van der Waals surface area contributed by atoms with Gasteiger partial charge in [0.05, 0.1) is 11.2 Å². The fourth-order valence-corrected chi connectivity index (χ4v) is 1.79. The Bertz CT molecular complexity index is 424. The van der Waals surface area contributed by atoms with E-state index in [2.05, 4.69) is 0 Å². The van der Waals surface area contributed by atoms with Crippen LogP contribution in [-0.4, -0.2) is 24.9 Å². The van der Waals surface area contributed by atoms with Gasteiger partial charge < -0.3 is 14.0 Å². The lowest BCUT2D eigenvalue weighted by molar-refractivity contribution is 0.00578. The van der Waals surface area contributed by atoms with Gasteiger partial charge >= 0.3 is 7.12 Å². The molecule has 0 saturated carbocycles. The lowest BCUT2D eigenvalue weighted by Gasteiger charge is -2.32. The van der Waals surface area contributed by atoms with Crippen LogP contribution in [0.3, 0.4) is 0 Å². The van der Waals surface area contributed by atoms with Crippen LogP contribution < -0.4 is 4.74 Å². The molecule has 1 saturated heterocycles. The van der Waals surface area contributed by atoms with E-state index in [1.165, 1.54) is 0 Å². The second-order valence-corrected chi connectivity index (χ2v) is 5.68. The van der Waals surface area contributed by atoms with Crippen molar-refractivity contribution < 1.29 is 14.0 Å². The Labute approximate surface area is 115 Å². The summed E-state index contributed by atoms with van der Waals surface area (Å²) in [5.41, 5.74) is -0.579. The standard InChI is InChI=1S/C15H21BO3/c1-14(2)15(3,4)19-16(18-14)11-8-12-17-13-9-6-5-7-10-13/h5-11H,12H2,1-4H3/b11-8+. The van der Waals surface area contributed by atoms with Crippen LogP contribution in [0.2, 0.25) is 0 Å². The fourth-order valence-electron chi connectivity index (χ4n) is 1.79. The van der Waals surface area contributed by atoms with Crippen molar-refractivity contribution >= 4 is 7.12 Å². The summed E-state index contributed by atoms with van der Waals surface area (Å²) in [6, 6.07) is 9.74. The molecule has 4 heteroatoms. The van der Waals surface area contributed by atoms with Gasteiger partial charge in [-0.25, -0.2) is 0 Å². The maximum absolute atomic E-state index is 5.85. The Morgan fingerprint density at radius 2 is 1.63 bits per heavy atom. The van der Waals surface area contributed by atoms with Gasteiger partial charge in [-0.1, -0.05) is 30.3 Å². The molecule has 0 radical (unpaired) electrons. The molecular formula is C15H21BO3. The molecule has 0 atom stereocenters. The molecule has 0 unspecified atom stereocenters. The molecule has 19 heavy (non-hydrogen) atoms. The minimum absolute atomic E-state index is 0.289. The maximum atomic E-state index is 5.85. The lowest BCUT2D eigenvalue weighted by Crippen LogP contribution is -2.41.